The van der Waals surface area contributed by atoms with E-state index in [2.05, 4.69) is 21.4 Å². The summed E-state index contributed by atoms with van der Waals surface area (Å²) in [6.07, 6.45) is 7.91. The number of amides is 2. The van der Waals surface area contributed by atoms with Gasteiger partial charge in [0, 0.05) is 30.8 Å². The minimum Gasteiger partial charge on any atom is -0.444 e. The largest absolute Gasteiger partial charge is 0.444 e. The van der Waals surface area contributed by atoms with Crippen LogP contribution in [0.4, 0.5) is 4.79 Å². The van der Waals surface area contributed by atoms with E-state index in [9.17, 15) is 9.59 Å². The predicted molar refractivity (Wildman–Crippen MR) is 133 cm³/mol. The van der Waals surface area contributed by atoms with E-state index in [1.807, 2.05) is 43.9 Å². The molecule has 2 unspecified atom stereocenters. The minimum atomic E-state index is -0.473. The number of unbranched alkanes of at least 4 members (excludes halogenated alkanes) is 4. The molecule has 8 nitrogen and oxygen atoms in total. The van der Waals surface area contributed by atoms with Gasteiger partial charge in [-0.1, -0.05) is 37.5 Å². The van der Waals surface area contributed by atoms with Gasteiger partial charge >= 0.3 is 6.09 Å². The second kappa shape index (κ2) is 12.1. The van der Waals surface area contributed by atoms with Crippen molar-refractivity contribution >= 4 is 22.9 Å². The van der Waals surface area contributed by atoms with E-state index < -0.39 is 5.60 Å². The second-order valence-corrected chi connectivity index (χ2v) is 10.1. The van der Waals surface area contributed by atoms with Gasteiger partial charge in [0.05, 0.1) is 17.4 Å². The number of rotatable bonds is 9. The Hall–Kier alpha value is -2.74. The molecule has 1 fully saturated rings. The Kier molecular flexibility index (Phi) is 9.21. The molecule has 34 heavy (non-hydrogen) atoms. The second-order valence-electron chi connectivity index (χ2n) is 10.1. The zero-order chi connectivity index (χ0) is 24.6. The van der Waals surface area contributed by atoms with Gasteiger partial charge in [-0.25, -0.2) is 14.8 Å². The van der Waals surface area contributed by atoms with E-state index >= 15 is 0 Å². The standard InChI is InChI=1S/C26H39N5O3/c1-26(2,3)34-25(33)28-15-10-6-4-5-7-13-23(32)31-16-14-19(17-22(31)27)24-20-11-8-9-12-21(20)29-18-30-24/h8-9,11-12,18-19,22H,4-7,10,13-17,27H2,1-3H3,(H,28,33). The van der Waals surface area contributed by atoms with Crippen molar-refractivity contribution in [1.82, 2.24) is 20.2 Å². The van der Waals surface area contributed by atoms with E-state index in [1.54, 1.807) is 6.33 Å². The number of fused-ring (bicyclic) bond motifs is 1. The highest BCUT2D eigenvalue weighted by molar-refractivity contribution is 5.81. The summed E-state index contributed by atoms with van der Waals surface area (Å²) >= 11 is 0. The van der Waals surface area contributed by atoms with Crippen LogP contribution in [0.5, 0.6) is 0 Å². The maximum absolute atomic E-state index is 12.7. The van der Waals surface area contributed by atoms with Crippen molar-refractivity contribution in [2.24, 2.45) is 5.73 Å². The molecular formula is C26H39N5O3. The number of piperidine rings is 1. The van der Waals surface area contributed by atoms with Crippen LogP contribution in [-0.4, -0.2) is 51.7 Å². The number of benzene rings is 1. The quantitative estimate of drug-likeness (QED) is 0.524. The van der Waals surface area contributed by atoms with Crippen LogP contribution in [0.3, 0.4) is 0 Å². The van der Waals surface area contributed by atoms with Crippen molar-refractivity contribution in [3.8, 4) is 0 Å². The number of alkyl carbamates (subject to hydrolysis) is 1. The lowest BCUT2D eigenvalue weighted by atomic mass is 9.89. The van der Waals surface area contributed by atoms with E-state index in [-0.39, 0.29) is 24.1 Å². The van der Waals surface area contributed by atoms with Gasteiger partial charge in [-0.15, -0.1) is 0 Å². The number of ether oxygens (including phenoxy) is 1. The van der Waals surface area contributed by atoms with Crippen LogP contribution in [-0.2, 0) is 9.53 Å². The maximum atomic E-state index is 12.7. The average molecular weight is 470 g/mol. The van der Waals surface area contributed by atoms with Crippen LogP contribution in [0, 0.1) is 0 Å². The third-order valence-corrected chi connectivity index (χ3v) is 6.16. The summed E-state index contributed by atoms with van der Waals surface area (Å²) < 4.78 is 5.22. The van der Waals surface area contributed by atoms with Gasteiger partial charge in [-0.3, -0.25) is 4.79 Å². The smallest absolute Gasteiger partial charge is 0.407 e. The van der Waals surface area contributed by atoms with Crippen molar-refractivity contribution in [3.05, 3.63) is 36.3 Å². The first-order valence-electron chi connectivity index (χ1n) is 12.5. The number of hydrogen-bond donors (Lipinski definition) is 2. The highest BCUT2D eigenvalue weighted by atomic mass is 16.6. The molecule has 2 amide bonds. The summed E-state index contributed by atoms with van der Waals surface area (Å²) in [4.78, 5) is 35.1. The number of nitrogens with zero attached hydrogens (tertiary/aromatic N) is 3. The van der Waals surface area contributed by atoms with Crippen molar-refractivity contribution in [3.63, 3.8) is 0 Å². The van der Waals surface area contributed by atoms with Crippen molar-refractivity contribution in [2.75, 3.05) is 13.1 Å². The van der Waals surface area contributed by atoms with Crippen LogP contribution in [0.2, 0.25) is 0 Å². The summed E-state index contributed by atoms with van der Waals surface area (Å²) in [5.41, 5.74) is 7.92. The lowest BCUT2D eigenvalue weighted by Gasteiger charge is -2.37. The topological polar surface area (TPSA) is 110 Å². The highest BCUT2D eigenvalue weighted by Gasteiger charge is 2.31. The fourth-order valence-corrected chi connectivity index (χ4v) is 4.49. The first kappa shape index (κ1) is 25.9. The SMILES string of the molecule is CC(C)(C)OC(=O)NCCCCCCCC(=O)N1CCC(c2ncnc3ccccc23)CC1N. The van der Waals surface area contributed by atoms with Gasteiger partial charge in [0.15, 0.2) is 0 Å². The lowest BCUT2D eigenvalue weighted by Crippen LogP contribution is -2.50. The number of carbonyl (C=O) groups is 2. The molecule has 1 aliphatic heterocycles. The van der Waals surface area contributed by atoms with Crippen LogP contribution in [0.25, 0.3) is 10.9 Å². The summed E-state index contributed by atoms with van der Waals surface area (Å²) in [7, 11) is 0. The number of para-hydroxylation sites is 1. The monoisotopic (exact) mass is 469 g/mol. The number of hydrogen-bond acceptors (Lipinski definition) is 6. The van der Waals surface area contributed by atoms with E-state index in [4.69, 9.17) is 10.5 Å². The Bertz CT molecular complexity index is 954. The molecule has 0 saturated carbocycles. The molecule has 3 N–H and O–H groups in total. The number of likely N-dealkylation sites (tertiary alicyclic amines) is 1. The zero-order valence-corrected chi connectivity index (χ0v) is 20.8. The summed E-state index contributed by atoms with van der Waals surface area (Å²) in [5, 5.41) is 3.85. The van der Waals surface area contributed by atoms with E-state index in [0.29, 0.717) is 19.5 Å². The molecule has 1 aromatic carbocycles. The van der Waals surface area contributed by atoms with Crippen LogP contribution >= 0.6 is 0 Å². The number of carbonyl (C=O) groups excluding carboxylic acids is 2. The molecule has 8 heteroatoms. The minimum absolute atomic E-state index is 0.144. The highest BCUT2D eigenvalue weighted by Crippen LogP contribution is 2.32. The lowest BCUT2D eigenvalue weighted by molar-refractivity contribution is -0.135. The van der Waals surface area contributed by atoms with Crippen molar-refractivity contribution < 1.29 is 14.3 Å². The Balaban J connectivity index is 1.32. The molecule has 2 atom stereocenters. The number of nitrogens with one attached hydrogen (secondary N) is 1. The van der Waals surface area contributed by atoms with E-state index in [0.717, 1.165) is 61.5 Å². The molecule has 186 valence electrons. The summed E-state index contributed by atoms with van der Waals surface area (Å²) in [6.45, 7) is 6.83. The molecule has 3 rings (SSSR count). The predicted octanol–water partition coefficient (Wildman–Crippen LogP) is 4.49. The molecular weight excluding hydrogens is 430 g/mol. The van der Waals surface area contributed by atoms with Gasteiger partial charge in [-0.2, -0.15) is 0 Å². The molecule has 0 bridgehead atoms. The molecule has 0 aliphatic carbocycles. The van der Waals surface area contributed by atoms with Gasteiger partial charge < -0.3 is 20.7 Å². The van der Waals surface area contributed by atoms with Crippen LogP contribution in [0.1, 0.15) is 83.7 Å². The van der Waals surface area contributed by atoms with Crippen molar-refractivity contribution in [1.29, 1.82) is 0 Å². The third-order valence-electron chi connectivity index (χ3n) is 6.16. The van der Waals surface area contributed by atoms with Crippen LogP contribution < -0.4 is 11.1 Å². The fourth-order valence-electron chi connectivity index (χ4n) is 4.49. The average Bonchev–Trinajstić information content (AvgIpc) is 2.79. The van der Waals surface area contributed by atoms with Gasteiger partial charge in [0.2, 0.25) is 5.91 Å². The third kappa shape index (κ3) is 7.65. The molecule has 1 saturated heterocycles. The summed E-state index contributed by atoms with van der Waals surface area (Å²) in [5.74, 6) is 0.381. The molecule has 1 aromatic heterocycles. The van der Waals surface area contributed by atoms with Gasteiger partial charge in [0.1, 0.15) is 11.9 Å². The Morgan fingerprint density at radius 2 is 1.85 bits per heavy atom. The van der Waals surface area contributed by atoms with Gasteiger partial charge in [0.25, 0.3) is 0 Å². The zero-order valence-electron chi connectivity index (χ0n) is 20.8. The molecule has 2 aromatic rings. The Morgan fingerprint density at radius 1 is 1.12 bits per heavy atom. The van der Waals surface area contributed by atoms with Crippen LogP contribution in [0.15, 0.2) is 30.6 Å². The molecule has 0 radical (unpaired) electrons. The molecule has 2 heterocycles. The first-order chi connectivity index (χ1) is 16.2. The molecule has 1 aliphatic rings. The number of nitrogens with two attached hydrogens (primary N) is 1. The normalized spacial score (nSPS) is 18.6. The fraction of sp³-hybridized carbons (Fsp3) is 0.615. The van der Waals surface area contributed by atoms with E-state index in [1.165, 1.54) is 0 Å². The summed E-state index contributed by atoms with van der Waals surface area (Å²) in [6, 6.07) is 8.04. The van der Waals surface area contributed by atoms with Gasteiger partial charge in [-0.05, 0) is 52.5 Å². The maximum Gasteiger partial charge on any atom is 0.407 e. The van der Waals surface area contributed by atoms with Crippen molar-refractivity contribution in [2.45, 2.75) is 89.8 Å². The Morgan fingerprint density at radius 3 is 2.62 bits per heavy atom. The Labute approximate surface area is 202 Å². The molecule has 0 spiro atoms. The number of aromatic nitrogens is 2. The first-order valence-corrected chi connectivity index (χ1v) is 12.5.